The molecule has 3 rings (SSSR count). The van der Waals surface area contributed by atoms with Crippen molar-refractivity contribution in [1.29, 1.82) is 0 Å². The van der Waals surface area contributed by atoms with E-state index in [2.05, 4.69) is 4.98 Å². The van der Waals surface area contributed by atoms with Crippen molar-refractivity contribution >= 4 is 34.3 Å². The molecule has 0 radical (unpaired) electrons. The van der Waals surface area contributed by atoms with Crippen LogP contribution in [0.25, 0.3) is 16.6 Å². The number of fused-ring (bicyclic) bond motifs is 1. The lowest BCUT2D eigenvalue weighted by Gasteiger charge is -2.18. The van der Waals surface area contributed by atoms with Gasteiger partial charge in [0.1, 0.15) is 5.25 Å². The van der Waals surface area contributed by atoms with Crippen molar-refractivity contribution in [3.05, 3.63) is 69.0 Å². The molecule has 0 fully saturated rings. The largest absolute Gasteiger partial charge is 0.465 e. The maximum Gasteiger partial charge on any atom is 0.319 e. The fourth-order valence-electron chi connectivity index (χ4n) is 2.99. The highest BCUT2D eigenvalue weighted by atomic mass is 32.2. The van der Waals surface area contributed by atoms with Crippen molar-refractivity contribution < 1.29 is 14.5 Å². The van der Waals surface area contributed by atoms with Gasteiger partial charge in [0.2, 0.25) is 0 Å². The number of hydrogen-bond donors (Lipinski definition) is 0. The van der Waals surface area contributed by atoms with Gasteiger partial charge in [-0.05, 0) is 37.6 Å². The van der Waals surface area contributed by atoms with Crippen LogP contribution < -0.4 is 5.56 Å². The van der Waals surface area contributed by atoms with E-state index in [0.29, 0.717) is 28.2 Å². The van der Waals surface area contributed by atoms with Crippen LogP contribution in [0.1, 0.15) is 26.7 Å². The minimum absolute atomic E-state index is 0.0786. The Morgan fingerprint density at radius 3 is 2.53 bits per heavy atom. The highest BCUT2D eigenvalue weighted by Crippen LogP contribution is 2.29. The Bertz CT molecular complexity index is 1130. The maximum absolute atomic E-state index is 13.3. The van der Waals surface area contributed by atoms with Crippen LogP contribution in [0.15, 0.2) is 58.5 Å². The number of esters is 1. The number of carbonyl (C=O) groups is 1. The van der Waals surface area contributed by atoms with Crippen LogP contribution in [0.3, 0.4) is 0 Å². The Hall–Kier alpha value is -3.20. The standard InChI is InChI=1S/C21H21N3O5S/c1-3-7-18(20(26)29-4-2)30-21-22-17-9-6-5-8-16(17)19(25)23(21)14-10-12-15(13-11-14)24(27)28/h5-6,8-13,18H,3-4,7H2,1-2H3/t18-/m1/s1. The summed E-state index contributed by atoms with van der Waals surface area (Å²) < 4.78 is 6.57. The minimum Gasteiger partial charge on any atom is -0.465 e. The summed E-state index contributed by atoms with van der Waals surface area (Å²) in [5, 5.41) is 11.2. The predicted molar refractivity (Wildman–Crippen MR) is 115 cm³/mol. The molecule has 3 aromatic rings. The van der Waals surface area contributed by atoms with Gasteiger partial charge in [-0.15, -0.1) is 0 Å². The minimum atomic E-state index is -0.521. The van der Waals surface area contributed by atoms with E-state index in [-0.39, 0.29) is 23.8 Å². The Morgan fingerprint density at radius 2 is 1.90 bits per heavy atom. The Balaban J connectivity index is 2.16. The molecule has 0 aliphatic heterocycles. The van der Waals surface area contributed by atoms with Crippen molar-refractivity contribution in [1.82, 2.24) is 9.55 Å². The molecule has 9 heteroatoms. The van der Waals surface area contributed by atoms with Gasteiger partial charge in [-0.3, -0.25) is 24.3 Å². The van der Waals surface area contributed by atoms with Gasteiger partial charge in [0.05, 0.1) is 28.1 Å². The molecule has 8 nitrogen and oxygen atoms in total. The summed E-state index contributed by atoms with van der Waals surface area (Å²) in [4.78, 5) is 40.8. The summed E-state index contributed by atoms with van der Waals surface area (Å²) in [5.74, 6) is -0.359. The topological polar surface area (TPSA) is 104 Å². The van der Waals surface area contributed by atoms with Crippen molar-refractivity contribution in [2.24, 2.45) is 0 Å². The Labute approximate surface area is 177 Å². The van der Waals surface area contributed by atoms with E-state index in [4.69, 9.17) is 4.74 Å². The number of nitro benzene ring substituents is 1. The Kier molecular flexibility index (Phi) is 6.83. The number of rotatable bonds is 8. The van der Waals surface area contributed by atoms with Crippen LogP contribution in [-0.2, 0) is 9.53 Å². The van der Waals surface area contributed by atoms with E-state index in [0.717, 1.165) is 6.42 Å². The normalized spacial score (nSPS) is 11.9. The van der Waals surface area contributed by atoms with E-state index in [1.807, 2.05) is 6.92 Å². The SMILES string of the molecule is CCC[C@@H](Sc1nc2ccccc2c(=O)n1-c1ccc([N+](=O)[O-])cc1)C(=O)OCC. The molecule has 0 bridgehead atoms. The second kappa shape index (κ2) is 9.53. The van der Waals surface area contributed by atoms with E-state index >= 15 is 0 Å². The lowest BCUT2D eigenvalue weighted by atomic mass is 10.2. The Morgan fingerprint density at radius 1 is 1.20 bits per heavy atom. The number of para-hydroxylation sites is 1. The van der Waals surface area contributed by atoms with Gasteiger partial charge in [-0.1, -0.05) is 37.2 Å². The average Bonchev–Trinajstić information content (AvgIpc) is 2.74. The van der Waals surface area contributed by atoms with E-state index in [9.17, 15) is 19.7 Å². The second-order valence-corrected chi connectivity index (χ2v) is 7.64. The zero-order valence-electron chi connectivity index (χ0n) is 16.6. The number of benzene rings is 2. The summed E-state index contributed by atoms with van der Waals surface area (Å²) in [7, 11) is 0. The van der Waals surface area contributed by atoms with Crippen LogP contribution in [0.4, 0.5) is 5.69 Å². The predicted octanol–water partition coefficient (Wildman–Crippen LogP) is 4.12. The van der Waals surface area contributed by atoms with Crippen LogP contribution >= 0.6 is 11.8 Å². The fraction of sp³-hybridized carbons (Fsp3) is 0.286. The van der Waals surface area contributed by atoms with Gasteiger partial charge in [0.25, 0.3) is 11.2 Å². The van der Waals surface area contributed by atoms with Gasteiger partial charge in [0.15, 0.2) is 5.16 Å². The van der Waals surface area contributed by atoms with Gasteiger partial charge in [0, 0.05) is 12.1 Å². The number of non-ortho nitro benzene ring substituents is 1. The van der Waals surface area contributed by atoms with E-state index in [1.54, 1.807) is 31.2 Å². The highest BCUT2D eigenvalue weighted by Gasteiger charge is 2.24. The number of nitrogens with zero attached hydrogens (tertiary/aromatic N) is 3. The lowest BCUT2D eigenvalue weighted by Crippen LogP contribution is -2.25. The zero-order chi connectivity index (χ0) is 21.7. The van der Waals surface area contributed by atoms with Gasteiger partial charge < -0.3 is 4.74 Å². The molecule has 0 N–H and O–H groups in total. The van der Waals surface area contributed by atoms with E-state index < -0.39 is 10.2 Å². The molecule has 0 spiro atoms. The molecule has 30 heavy (non-hydrogen) atoms. The summed E-state index contributed by atoms with van der Waals surface area (Å²) in [6, 6.07) is 12.6. The van der Waals surface area contributed by atoms with E-state index in [1.165, 1.54) is 40.6 Å². The fourth-order valence-corrected chi connectivity index (χ4v) is 4.21. The molecular formula is C21H21N3O5S. The third kappa shape index (κ3) is 4.51. The van der Waals surface area contributed by atoms with Crippen molar-refractivity contribution in [2.75, 3.05) is 6.61 Å². The number of nitro groups is 1. The summed E-state index contributed by atoms with van der Waals surface area (Å²) >= 11 is 1.17. The smallest absolute Gasteiger partial charge is 0.319 e. The van der Waals surface area contributed by atoms with Gasteiger partial charge in [-0.25, -0.2) is 4.98 Å². The molecule has 2 aromatic carbocycles. The van der Waals surface area contributed by atoms with Crippen molar-refractivity contribution in [3.63, 3.8) is 0 Å². The first-order valence-corrected chi connectivity index (χ1v) is 10.4. The number of ether oxygens (including phenoxy) is 1. The molecule has 1 aromatic heterocycles. The van der Waals surface area contributed by atoms with Gasteiger partial charge >= 0.3 is 5.97 Å². The molecule has 0 aliphatic rings. The van der Waals surface area contributed by atoms with Gasteiger partial charge in [-0.2, -0.15) is 0 Å². The molecule has 0 amide bonds. The third-order valence-electron chi connectivity index (χ3n) is 4.41. The lowest BCUT2D eigenvalue weighted by molar-refractivity contribution is -0.384. The molecular weight excluding hydrogens is 406 g/mol. The summed E-state index contributed by atoms with van der Waals surface area (Å²) in [5.41, 5.74) is 0.564. The van der Waals surface area contributed by atoms with Crippen molar-refractivity contribution in [3.8, 4) is 5.69 Å². The summed E-state index contributed by atoms with van der Waals surface area (Å²) in [6.07, 6.45) is 1.32. The first kappa shape index (κ1) is 21.5. The number of thioether (sulfide) groups is 1. The zero-order valence-corrected chi connectivity index (χ0v) is 17.4. The maximum atomic E-state index is 13.3. The third-order valence-corrected chi connectivity index (χ3v) is 5.61. The molecule has 0 aliphatic carbocycles. The molecule has 0 unspecified atom stereocenters. The molecule has 1 atom stereocenters. The van der Waals surface area contributed by atoms with Crippen LogP contribution in [0.5, 0.6) is 0 Å². The molecule has 156 valence electrons. The van der Waals surface area contributed by atoms with Crippen LogP contribution in [0.2, 0.25) is 0 Å². The first-order chi connectivity index (χ1) is 14.5. The molecule has 0 saturated heterocycles. The van der Waals surface area contributed by atoms with Crippen molar-refractivity contribution in [2.45, 2.75) is 37.1 Å². The van der Waals surface area contributed by atoms with Crippen LogP contribution in [0, 0.1) is 10.1 Å². The number of carbonyl (C=O) groups excluding carboxylic acids is 1. The molecule has 1 heterocycles. The summed E-state index contributed by atoms with van der Waals surface area (Å²) in [6.45, 7) is 3.97. The number of hydrogen-bond acceptors (Lipinski definition) is 7. The first-order valence-electron chi connectivity index (χ1n) is 9.56. The molecule has 0 saturated carbocycles. The highest BCUT2D eigenvalue weighted by molar-refractivity contribution is 8.00. The second-order valence-electron chi connectivity index (χ2n) is 6.47. The van der Waals surface area contributed by atoms with Crippen LogP contribution in [-0.4, -0.2) is 32.3 Å². The number of aromatic nitrogens is 2. The monoisotopic (exact) mass is 427 g/mol. The quantitative estimate of drug-likeness (QED) is 0.175. The average molecular weight is 427 g/mol.